The number of aliphatic carboxylic acids is 1. The van der Waals surface area contributed by atoms with Gasteiger partial charge in [-0.1, -0.05) is 0 Å². The van der Waals surface area contributed by atoms with Gasteiger partial charge in [-0.25, -0.2) is 0 Å². The second-order valence-electron chi connectivity index (χ2n) is 21.6. The summed E-state index contributed by atoms with van der Waals surface area (Å²) in [6.45, 7) is 2.59. The quantitative estimate of drug-likeness (QED) is 0.0870. The van der Waals surface area contributed by atoms with Crippen molar-refractivity contribution in [3.8, 4) is 0 Å². The number of carboxylic acid groups (broad SMARTS) is 1. The van der Waals surface area contributed by atoms with Gasteiger partial charge < -0.3 is 0 Å². The Kier molecular flexibility index (Phi) is 15.5. The molecule has 404 valence electrons. The van der Waals surface area contributed by atoms with Crippen LogP contribution >= 0.6 is 29.0 Å². The summed E-state index contributed by atoms with van der Waals surface area (Å²) in [4.78, 5) is 15.7. The molecule has 0 spiro atoms. The average molecular weight is 1140 g/mol. The zero-order valence-corrected chi connectivity index (χ0v) is 50.0. The summed E-state index contributed by atoms with van der Waals surface area (Å²) in [6.07, 6.45) is 0. The molecule has 0 unspecified atom stereocenters. The number of rotatable bonds is 18. The molecule has 0 aliphatic heterocycles. The first kappa shape index (κ1) is 54.4. The van der Waals surface area contributed by atoms with E-state index in [-0.39, 0.29) is 0 Å². The van der Waals surface area contributed by atoms with Crippen molar-refractivity contribution in [3.05, 3.63) is 364 Å². The number of benzene rings is 12. The van der Waals surface area contributed by atoms with Crippen molar-refractivity contribution < 1.29 is 9.90 Å². The van der Waals surface area contributed by atoms with Gasteiger partial charge in [0.15, 0.2) is 0 Å². The van der Waals surface area contributed by atoms with E-state index in [1.807, 2.05) is 0 Å². The van der Waals surface area contributed by atoms with E-state index in [1.165, 1.54) is 0 Å². The van der Waals surface area contributed by atoms with Crippen LogP contribution in [0, 0.1) is 0 Å². The van der Waals surface area contributed by atoms with Crippen molar-refractivity contribution in [1.82, 2.24) is 0 Å². The zero-order valence-electron chi connectivity index (χ0n) is 46.0. The molecule has 12 aromatic rings. The fourth-order valence-corrected chi connectivity index (χ4v) is 51.7. The van der Waals surface area contributed by atoms with E-state index < -0.39 is 44.8 Å². The molecule has 0 amide bonds. The molecule has 2 nitrogen and oxygen atoms in total. The predicted molar refractivity (Wildman–Crippen MR) is 365 cm³/mol. The zero-order chi connectivity index (χ0) is 55.9. The minimum atomic E-state index is -4.57. The van der Waals surface area contributed by atoms with Gasteiger partial charge in [0.05, 0.1) is 0 Å². The summed E-state index contributed by atoms with van der Waals surface area (Å²) < 4.78 is 0. The molecule has 0 bridgehead atoms. The first-order valence-corrected chi connectivity index (χ1v) is 36.4. The molecule has 0 saturated carbocycles. The van der Waals surface area contributed by atoms with Crippen LogP contribution in [0.15, 0.2) is 364 Å². The molecule has 82 heavy (non-hydrogen) atoms. The first-order valence-electron chi connectivity index (χ1n) is 28.4. The average Bonchev–Trinajstić information content (AvgIpc) is 0.641. The summed E-state index contributed by atoms with van der Waals surface area (Å²) in [6, 6.07) is 134. The molecule has 0 atom stereocenters. The molecular weight excluding hydrogens is 1070 g/mol. The fraction of sp³-hybridized carbons (Fsp3) is 0.0395. The molecule has 1 N–H and O–H groups in total. The van der Waals surface area contributed by atoms with Crippen LogP contribution in [0.2, 0.25) is 0 Å². The van der Waals surface area contributed by atoms with Crippen LogP contribution in [0.4, 0.5) is 0 Å². The Morgan fingerprint density at radius 2 is 0.329 bits per heavy atom. The van der Waals surface area contributed by atoms with Gasteiger partial charge in [0, 0.05) is 0 Å². The molecule has 0 aliphatic carbocycles. The van der Waals surface area contributed by atoms with Crippen LogP contribution in [0.5, 0.6) is 0 Å². The second kappa shape index (κ2) is 23.4. The Bertz CT molecular complexity index is 3340. The Balaban J connectivity index is 1.60. The van der Waals surface area contributed by atoms with Gasteiger partial charge in [-0.15, -0.1) is 0 Å². The van der Waals surface area contributed by atoms with E-state index >= 15 is 9.90 Å². The Morgan fingerprint density at radius 1 is 0.220 bits per heavy atom. The van der Waals surface area contributed by atoms with Crippen LogP contribution in [0.25, 0.3) is 0 Å². The third-order valence-corrected chi connectivity index (χ3v) is 45.5. The number of carboxylic acids is 1. The van der Waals surface area contributed by atoms with Gasteiger partial charge >= 0.3 is 489 Å². The number of hydrogen-bond acceptors (Lipinski definition) is 1. The molecular formula is C76H68O2P4. The molecule has 12 aromatic carbocycles. The van der Waals surface area contributed by atoms with Crippen LogP contribution < -0.4 is 63.7 Å². The van der Waals surface area contributed by atoms with Gasteiger partial charge in [0.1, 0.15) is 0 Å². The molecule has 0 aromatic heterocycles. The summed E-state index contributed by atoms with van der Waals surface area (Å²) in [5, 5.41) is 28.5. The predicted octanol–water partition coefficient (Wildman–Crippen LogP) is 12.4. The van der Waals surface area contributed by atoms with Gasteiger partial charge in [-0.3, -0.25) is 0 Å². The van der Waals surface area contributed by atoms with Crippen molar-refractivity contribution in [2.24, 2.45) is 0 Å². The van der Waals surface area contributed by atoms with Crippen molar-refractivity contribution in [2.45, 2.75) is 16.7 Å². The maximum absolute atomic E-state index is 19.0. The van der Waals surface area contributed by atoms with Crippen LogP contribution in [0.1, 0.15) is 6.92 Å². The molecule has 12 rings (SSSR count). The standard InChI is InChI=1S/C76H68O2P4/c1-75(79(62-38-14-2-15-39-62,63-40-16-3-17-41-63)64-42-18-4-19-43-64,80(65-44-20-5-21-45-65,66-46-22-6-23-47-66)67-48-24-7-25-49-67)76(74(77)78,81(68-50-26-8-27-51-68,69-52-28-9-29-53-69)70-54-30-10-31-55-70)82(71-56-32-11-33-57-71,72-58-34-12-35-59-72)73-60-36-13-37-61-73/h2-61,79-82H,1H3,(H,77,78). The maximum atomic E-state index is 19.0. The summed E-state index contributed by atoms with van der Waals surface area (Å²) >= 11 is 0. The third-order valence-electron chi connectivity index (χ3n) is 18.2. The fourth-order valence-electron chi connectivity index (χ4n) is 15.7. The summed E-state index contributed by atoms with van der Waals surface area (Å²) in [5.74, 6) is -0.819. The van der Waals surface area contributed by atoms with Crippen LogP contribution in [-0.2, 0) is 4.79 Å². The number of carbonyl (C=O) groups is 1. The molecule has 0 heterocycles. The van der Waals surface area contributed by atoms with E-state index in [1.54, 1.807) is 0 Å². The molecule has 0 radical (unpaired) electrons. The van der Waals surface area contributed by atoms with Gasteiger partial charge in [-0.2, -0.15) is 0 Å². The van der Waals surface area contributed by atoms with E-state index in [0.29, 0.717) is 0 Å². The van der Waals surface area contributed by atoms with Crippen LogP contribution in [0.3, 0.4) is 0 Å². The van der Waals surface area contributed by atoms with E-state index in [4.69, 9.17) is 0 Å². The SMILES string of the molecule is CC(C(C(=O)O)([PH](c1ccccc1)(c1ccccc1)c1ccccc1)[PH](c1ccccc1)(c1ccccc1)c1ccccc1)([PH](c1ccccc1)(c1ccccc1)c1ccccc1)[PH](c1ccccc1)(c1ccccc1)c1ccccc1. The summed E-state index contributed by atoms with van der Waals surface area (Å²) in [7, 11) is -17.8. The monoisotopic (exact) mass is 1140 g/mol. The molecule has 0 saturated heterocycles. The molecule has 6 heteroatoms. The van der Waals surface area contributed by atoms with Gasteiger partial charge in [0.25, 0.3) is 0 Å². The van der Waals surface area contributed by atoms with Crippen LogP contribution in [-0.4, -0.2) is 20.9 Å². The minimum absolute atomic E-state index is 0.819. The van der Waals surface area contributed by atoms with Gasteiger partial charge in [0.2, 0.25) is 0 Å². The van der Waals surface area contributed by atoms with E-state index in [2.05, 4.69) is 371 Å². The van der Waals surface area contributed by atoms with E-state index in [0.717, 1.165) is 63.7 Å². The topological polar surface area (TPSA) is 37.3 Å². The van der Waals surface area contributed by atoms with Gasteiger partial charge in [-0.05, 0) is 0 Å². The van der Waals surface area contributed by atoms with Crippen molar-refractivity contribution in [2.75, 3.05) is 0 Å². The Labute approximate surface area is 486 Å². The Morgan fingerprint density at radius 3 is 0.439 bits per heavy atom. The molecule has 0 aliphatic rings. The second-order valence-corrected chi connectivity index (χ2v) is 39.0. The number of hydrogen-bond donors (Lipinski definition) is 1. The van der Waals surface area contributed by atoms with Crippen molar-refractivity contribution in [3.63, 3.8) is 0 Å². The first-order chi connectivity index (χ1) is 40.5. The normalized spacial score (nSPS) is 14.3. The summed E-state index contributed by atoms with van der Waals surface area (Å²) in [5.41, 5.74) is 0. The Hall–Kier alpha value is -8.17. The third kappa shape index (κ3) is 8.11. The molecule has 0 fully saturated rings. The van der Waals surface area contributed by atoms with E-state index in [9.17, 15) is 0 Å². The van der Waals surface area contributed by atoms with Crippen molar-refractivity contribution >= 4 is 98.7 Å². The van der Waals surface area contributed by atoms with Crippen molar-refractivity contribution in [1.29, 1.82) is 0 Å².